The second-order valence-electron chi connectivity index (χ2n) is 6.47. The first-order valence-electron chi connectivity index (χ1n) is 8.28. The van der Waals surface area contributed by atoms with E-state index in [2.05, 4.69) is 10.6 Å². The van der Waals surface area contributed by atoms with Gasteiger partial charge in [-0.25, -0.2) is 17.5 Å². The van der Waals surface area contributed by atoms with E-state index >= 15 is 0 Å². The molecule has 0 spiro atoms. The fraction of sp³-hybridized carbons (Fsp3) is 0.471. The maximum absolute atomic E-state index is 12.0. The van der Waals surface area contributed by atoms with Gasteiger partial charge in [-0.3, -0.25) is 0 Å². The van der Waals surface area contributed by atoms with Gasteiger partial charge in [0, 0.05) is 37.1 Å². The Morgan fingerprint density at radius 1 is 1.32 bits per heavy atom. The van der Waals surface area contributed by atoms with Crippen molar-refractivity contribution in [1.82, 2.24) is 14.9 Å². The maximum atomic E-state index is 12.0. The summed E-state index contributed by atoms with van der Waals surface area (Å²) in [6.07, 6.45) is 1.98. The highest BCUT2D eigenvalue weighted by atomic mass is 32.2. The minimum atomic E-state index is -3.14. The molecule has 1 fully saturated rings. The van der Waals surface area contributed by atoms with E-state index in [1.54, 1.807) is 0 Å². The van der Waals surface area contributed by atoms with E-state index in [0.717, 1.165) is 28.7 Å². The zero-order valence-electron chi connectivity index (χ0n) is 14.4. The highest BCUT2D eigenvalue weighted by molar-refractivity contribution is 7.88. The number of fused-ring (bicyclic) bond motifs is 1. The van der Waals surface area contributed by atoms with Crippen LogP contribution in [0.1, 0.15) is 17.7 Å². The molecule has 0 saturated carbocycles. The van der Waals surface area contributed by atoms with Gasteiger partial charge >= 0.3 is 6.03 Å². The molecule has 25 heavy (non-hydrogen) atoms. The summed E-state index contributed by atoms with van der Waals surface area (Å²) < 4.78 is 30.2. The van der Waals surface area contributed by atoms with Crippen molar-refractivity contribution in [2.45, 2.75) is 19.9 Å². The summed E-state index contributed by atoms with van der Waals surface area (Å²) in [7, 11) is -3.14. The number of furan rings is 1. The van der Waals surface area contributed by atoms with Gasteiger partial charge in [0.1, 0.15) is 11.3 Å². The van der Waals surface area contributed by atoms with E-state index in [1.807, 2.05) is 31.2 Å². The molecule has 1 aromatic carbocycles. The lowest BCUT2D eigenvalue weighted by Gasteiger charge is -2.14. The Balaban J connectivity index is 1.49. The van der Waals surface area contributed by atoms with Gasteiger partial charge in [0.25, 0.3) is 0 Å². The molecule has 1 unspecified atom stereocenters. The van der Waals surface area contributed by atoms with E-state index in [-0.39, 0.29) is 11.9 Å². The number of urea groups is 1. The van der Waals surface area contributed by atoms with Crippen LogP contribution in [0.15, 0.2) is 28.7 Å². The van der Waals surface area contributed by atoms with E-state index in [1.165, 1.54) is 10.6 Å². The molecular weight excluding hydrogens is 342 g/mol. The number of aryl methyl sites for hydroxylation is 1. The first-order chi connectivity index (χ1) is 11.8. The van der Waals surface area contributed by atoms with Crippen LogP contribution in [0.3, 0.4) is 0 Å². The monoisotopic (exact) mass is 365 g/mol. The van der Waals surface area contributed by atoms with E-state index < -0.39 is 10.0 Å². The number of nitrogens with one attached hydrogen (secondary N) is 2. The number of rotatable bonds is 5. The summed E-state index contributed by atoms with van der Waals surface area (Å²) in [6, 6.07) is 7.46. The molecule has 1 atom stereocenters. The fourth-order valence-electron chi connectivity index (χ4n) is 3.17. The highest BCUT2D eigenvalue weighted by Gasteiger charge is 2.28. The molecule has 0 bridgehead atoms. The van der Waals surface area contributed by atoms with Gasteiger partial charge in [-0.05, 0) is 25.3 Å². The molecule has 1 aliphatic heterocycles. The van der Waals surface area contributed by atoms with Gasteiger partial charge in [0.15, 0.2) is 0 Å². The number of nitrogens with zero attached hydrogens (tertiary/aromatic N) is 1. The summed E-state index contributed by atoms with van der Waals surface area (Å²) in [6.45, 7) is 3.71. The normalized spacial score (nSPS) is 18.6. The van der Waals surface area contributed by atoms with Crippen LogP contribution in [0.25, 0.3) is 11.0 Å². The summed E-state index contributed by atoms with van der Waals surface area (Å²) in [5.74, 6) is 0.943. The van der Waals surface area contributed by atoms with Crippen molar-refractivity contribution in [3.63, 3.8) is 0 Å². The maximum Gasteiger partial charge on any atom is 0.315 e. The van der Waals surface area contributed by atoms with Crippen LogP contribution < -0.4 is 10.6 Å². The molecule has 1 saturated heterocycles. The van der Waals surface area contributed by atoms with E-state index in [9.17, 15) is 13.2 Å². The lowest BCUT2D eigenvalue weighted by molar-refractivity contribution is 0.238. The minimum absolute atomic E-state index is 0.150. The second kappa shape index (κ2) is 7.05. The molecule has 136 valence electrons. The summed E-state index contributed by atoms with van der Waals surface area (Å²) in [4.78, 5) is 12.0. The number of amides is 2. The molecule has 1 aromatic heterocycles. The Morgan fingerprint density at radius 3 is 2.80 bits per heavy atom. The third-order valence-corrected chi connectivity index (χ3v) is 5.86. The van der Waals surface area contributed by atoms with Gasteiger partial charge in [0.2, 0.25) is 10.0 Å². The fourth-order valence-corrected chi connectivity index (χ4v) is 4.09. The number of carbonyl (C=O) groups excluding carboxylic acids is 1. The zero-order valence-corrected chi connectivity index (χ0v) is 15.2. The molecule has 2 N–H and O–H groups in total. The van der Waals surface area contributed by atoms with Crippen molar-refractivity contribution in [1.29, 1.82) is 0 Å². The topological polar surface area (TPSA) is 91.7 Å². The molecular formula is C17H23N3O4S. The smallest absolute Gasteiger partial charge is 0.315 e. The van der Waals surface area contributed by atoms with Gasteiger partial charge in [-0.15, -0.1) is 0 Å². The van der Waals surface area contributed by atoms with Gasteiger partial charge in [-0.2, -0.15) is 0 Å². The molecule has 0 aliphatic carbocycles. The summed E-state index contributed by atoms with van der Waals surface area (Å²) >= 11 is 0. The SMILES string of the molecule is Cc1oc2ccccc2c1CNC(=O)NCC1CCN(S(C)(=O)=O)C1. The first kappa shape index (κ1) is 17.8. The second-order valence-corrected chi connectivity index (χ2v) is 8.45. The van der Waals surface area contributed by atoms with Gasteiger partial charge < -0.3 is 15.1 Å². The van der Waals surface area contributed by atoms with Gasteiger partial charge in [-0.1, -0.05) is 18.2 Å². The van der Waals surface area contributed by atoms with Crippen molar-refractivity contribution in [2.24, 2.45) is 5.92 Å². The number of sulfonamides is 1. The third kappa shape index (κ3) is 4.13. The molecule has 0 radical (unpaired) electrons. The summed E-state index contributed by atoms with van der Waals surface area (Å²) in [5, 5.41) is 6.67. The Hall–Kier alpha value is -2.06. The Morgan fingerprint density at radius 2 is 2.08 bits per heavy atom. The van der Waals surface area contributed by atoms with Crippen molar-refractivity contribution in [2.75, 3.05) is 25.9 Å². The van der Waals surface area contributed by atoms with E-state index in [0.29, 0.717) is 26.2 Å². The van der Waals surface area contributed by atoms with Crippen molar-refractivity contribution in [3.8, 4) is 0 Å². The van der Waals surface area contributed by atoms with Crippen molar-refractivity contribution in [3.05, 3.63) is 35.6 Å². The van der Waals surface area contributed by atoms with Gasteiger partial charge in [0.05, 0.1) is 6.26 Å². The quantitative estimate of drug-likeness (QED) is 0.845. The molecule has 2 heterocycles. The Bertz CT molecular complexity index is 875. The molecule has 2 amide bonds. The number of para-hydroxylation sites is 1. The highest BCUT2D eigenvalue weighted by Crippen LogP contribution is 2.24. The van der Waals surface area contributed by atoms with Crippen molar-refractivity contribution >= 4 is 27.0 Å². The number of benzene rings is 1. The van der Waals surface area contributed by atoms with Crippen LogP contribution in [0.5, 0.6) is 0 Å². The van der Waals surface area contributed by atoms with Crippen LogP contribution in [-0.4, -0.2) is 44.6 Å². The van der Waals surface area contributed by atoms with E-state index in [4.69, 9.17) is 4.42 Å². The average Bonchev–Trinajstić information content (AvgIpc) is 3.14. The summed E-state index contributed by atoms with van der Waals surface area (Å²) in [5.41, 5.74) is 1.78. The third-order valence-electron chi connectivity index (χ3n) is 4.59. The largest absolute Gasteiger partial charge is 0.461 e. The molecule has 2 aromatic rings. The predicted molar refractivity (Wildman–Crippen MR) is 95.7 cm³/mol. The van der Waals surface area contributed by atoms with Crippen LogP contribution in [-0.2, 0) is 16.6 Å². The Labute approximate surface area is 147 Å². The standard InChI is InChI=1S/C17H23N3O4S/c1-12-15(14-5-3-4-6-16(14)24-12)10-19-17(21)18-9-13-7-8-20(11-13)25(2,22)23/h3-6,13H,7-11H2,1-2H3,(H2,18,19,21). The van der Waals surface area contributed by atoms with Crippen LogP contribution in [0.2, 0.25) is 0 Å². The molecule has 1 aliphatic rings. The average molecular weight is 365 g/mol. The number of carbonyl (C=O) groups is 1. The minimum Gasteiger partial charge on any atom is -0.461 e. The Kier molecular flexibility index (Phi) is 5.01. The molecule has 3 rings (SSSR count). The van der Waals surface area contributed by atoms with Crippen LogP contribution in [0.4, 0.5) is 4.79 Å². The van der Waals surface area contributed by atoms with Crippen molar-refractivity contribution < 1.29 is 17.6 Å². The predicted octanol–water partition coefficient (Wildman–Crippen LogP) is 1.82. The van der Waals surface area contributed by atoms with Crippen LogP contribution in [0, 0.1) is 12.8 Å². The van der Waals surface area contributed by atoms with Crippen LogP contribution >= 0.6 is 0 Å². The number of hydrogen-bond acceptors (Lipinski definition) is 4. The molecule has 8 heteroatoms. The zero-order chi connectivity index (χ0) is 18.0. The number of hydrogen-bond donors (Lipinski definition) is 2. The molecule has 7 nitrogen and oxygen atoms in total. The lowest BCUT2D eigenvalue weighted by atomic mass is 10.1. The lowest BCUT2D eigenvalue weighted by Crippen LogP contribution is -2.38. The first-order valence-corrected chi connectivity index (χ1v) is 10.1.